The number of hydrogen-bond acceptors (Lipinski definition) is 4. The standard InChI is InChI=1S/C16H16F4N2O2/c17-12-3-1-11(2-4-12)14-21-13(10-24-14)9-22-7-5-15(23,6-8-22)16(18,19)20/h1-4,10,23H,5-9H2. The number of aromatic nitrogens is 1. The van der Waals surface area contributed by atoms with E-state index >= 15 is 0 Å². The second-order valence-electron chi connectivity index (χ2n) is 5.96. The molecule has 0 atom stereocenters. The van der Waals surface area contributed by atoms with E-state index in [1.807, 2.05) is 0 Å². The molecule has 2 aromatic rings. The van der Waals surface area contributed by atoms with Crippen molar-refractivity contribution in [2.24, 2.45) is 0 Å². The van der Waals surface area contributed by atoms with Crippen molar-refractivity contribution in [3.05, 3.63) is 42.0 Å². The molecule has 0 unspecified atom stereocenters. The summed E-state index contributed by atoms with van der Waals surface area (Å²) in [7, 11) is 0. The summed E-state index contributed by atoms with van der Waals surface area (Å²) in [5.74, 6) is -0.0372. The number of oxazole rings is 1. The average Bonchev–Trinajstić information content (AvgIpc) is 2.98. The first-order valence-corrected chi connectivity index (χ1v) is 7.49. The second kappa shape index (κ2) is 6.18. The highest BCUT2D eigenvalue weighted by Crippen LogP contribution is 2.38. The first-order valence-electron chi connectivity index (χ1n) is 7.49. The summed E-state index contributed by atoms with van der Waals surface area (Å²) in [4.78, 5) is 6.06. The second-order valence-corrected chi connectivity index (χ2v) is 5.96. The lowest BCUT2D eigenvalue weighted by Crippen LogP contribution is -2.53. The molecule has 1 aromatic heterocycles. The fraction of sp³-hybridized carbons (Fsp3) is 0.438. The maximum atomic E-state index is 12.9. The molecule has 1 fully saturated rings. The molecule has 0 bridgehead atoms. The van der Waals surface area contributed by atoms with Gasteiger partial charge in [-0.15, -0.1) is 0 Å². The van der Waals surface area contributed by atoms with Gasteiger partial charge < -0.3 is 9.52 Å². The Morgan fingerprint density at radius 2 is 1.79 bits per heavy atom. The largest absolute Gasteiger partial charge is 0.444 e. The zero-order valence-corrected chi connectivity index (χ0v) is 12.7. The van der Waals surface area contributed by atoms with Crippen molar-refractivity contribution < 1.29 is 27.1 Å². The summed E-state index contributed by atoms with van der Waals surface area (Å²) >= 11 is 0. The Labute approximate surface area is 135 Å². The van der Waals surface area contributed by atoms with Crippen molar-refractivity contribution >= 4 is 0 Å². The van der Waals surface area contributed by atoms with E-state index in [0.717, 1.165) is 0 Å². The molecule has 130 valence electrons. The topological polar surface area (TPSA) is 49.5 Å². The predicted molar refractivity (Wildman–Crippen MR) is 77.4 cm³/mol. The Morgan fingerprint density at radius 1 is 1.17 bits per heavy atom. The Bertz CT molecular complexity index is 689. The number of likely N-dealkylation sites (tertiary alicyclic amines) is 1. The molecular formula is C16H16F4N2O2. The number of aliphatic hydroxyl groups is 1. The van der Waals surface area contributed by atoms with E-state index in [4.69, 9.17) is 4.42 Å². The molecule has 0 amide bonds. The Morgan fingerprint density at radius 3 is 2.38 bits per heavy atom. The molecule has 1 aliphatic heterocycles. The maximum absolute atomic E-state index is 12.9. The molecule has 1 aliphatic rings. The smallest absolute Gasteiger partial charge is 0.417 e. The summed E-state index contributed by atoms with van der Waals surface area (Å²) in [5.41, 5.74) is -1.41. The lowest BCUT2D eigenvalue weighted by molar-refractivity contribution is -0.272. The molecule has 24 heavy (non-hydrogen) atoms. The van der Waals surface area contributed by atoms with Gasteiger partial charge in [0.25, 0.3) is 0 Å². The summed E-state index contributed by atoms with van der Waals surface area (Å²) in [6.07, 6.45) is -3.90. The predicted octanol–water partition coefficient (Wildman–Crippen LogP) is 3.37. The van der Waals surface area contributed by atoms with Crippen LogP contribution >= 0.6 is 0 Å². The van der Waals surface area contributed by atoms with Gasteiger partial charge >= 0.3 is 6.18 Å². The highest BCUT2D eigenvalue weighted by Gasteiger charge is 2.54. The van der Waals surface area contributed by atoms with Crippen LogP contribution in [-0.4, -0.2) is 39.9 Å². The summed E-state index contributed by atoms with van der Waals surface area (Å²) < 4.78 is 56.6. The van der Waals surface area contributed by atoms with Gasteiger partial charge in [-0.2, -0.15) is 13.2 Å². The quantitative estimate of drug-likeness (QED) is 0.868. The van der Waals surface area contributed by atoms with E-state index in [2.05, 4.69) is 4.98 Å². The van der Waals surface area contributed by atoms with Crippen LogP contribution in [0.25, 0.3) is 11.5 Å². The van der Waals surface area contributed by atoms with Crippen LogP contribution in [0.4, 0.5) is 17.6 Å². The van der Waals surface area contributed by atoms with Gasteiger partial charge in [0.15, 0.2) is 5.60 Å². The number of halogens is 4. The van der Waals surface area contributed by atoms with Gasteiger partial charge in [-0.3, -0.25) is 4.90 Å². The normalized spacial score (nSPS) is 18.7. The van der Waals surface area contributed by atoms with Gasteiger partial charge in [0.2, 0.25) is 5.89 Å². The molecule has 1 saturated heterocycles. The van der Waals surface area contributed by atoms with Crippen molar-refractivity contribution in [1.82, 2.24) is 9.88 Å². The van der Waals surface area contributed by atoms with Gasteiger partial charge in [0.05, 0.1) is 5.69 Å². The number of rotatable bonds is 3. The molecule has 4 nitrogen and oxygen atoms in total. The van der Waals surface area contributed by atoms with Gasteiger partial charge in [-0.25, -0.2) is 9.37 Å². The number of hydrogen-bond donors (Lipinski definition) is 1. The minimum Gasteiger partial charge on any atom is -0.444 e. The molecule has 1 N–H and O–H groups in total. The summed E-state index contributed by atoms with van der Waals surface area (Å²) in [6, 6.07) is 5.66. The molecular weight excluding hydrogens is 328 g/mol. The third-order valence-corrected chi connectivity index (χ3v) is 4.24. The monoisotopic (exact) mass is 344 g/mol. The maximum Gasteiger partial charge on any atom is 0.417 e. The molecule has 1 aromatic carbocycles. The van der Waals surface area contributed by atoms with E-state index in [9.17, 15) is 22.7 Å². The minimum atomic E-state index is -4.61. The number of alkyl halides is 3. The SMILES string of the molecule is OC1(C(F)(F)F)CCN(Cc2coc(-c3ccc(F)cc3)n2)CC1. The first kappa shape index (κ1) is 16.9. The van der Waals surface area contributed by atoms with Crippen LogP contribution < -0.4 is 0 Å². The lowest BCUT2D eigenvalue weighted by Gasteiger charge is -2.38. The molecule has 0 radical (unpaired) electrons. The fourth-order valence-electron chi connectivity index (χ4n) is 2.70. The van der Waals surface area contributed by atoms with Crippen LogP contribution in [-0.2, 0) is 6.54 Å². The Hall–Kier alpha value is -1.93. The molecule has 0 aliphatic carbocycles. The molecule has 3 rings (SSSR count). The third kappa shape index (κ3) is 3.44. The molecule has 8 heteroatoms. The van der Waals surface area contributed by atoms with Crippen molar-refractivity contribution in [3.63, 3.8) is 0 Å². The minimum absolute atomic E-state index is 0.120. The van der Waals surface area contributed by atoms with E-state index in [1.165, 1.54) is 30.5 Å². The van der Waals surface area contributed by atoms with E-state index < -0.39 is 11.8 Å². The molecule has 0 spiro atoms. The lowest BCUT2D eigenvalue weighted by atomic mass is 9.91. The number of nitrogens with zero attached hydrogens (tertiary/aromatic N) is 2. The van der Waals surface area contributed by atoms with Crippen LogP contribution in [0.2, 0.25) is 0 Å². The van der Waals surface area contributed by atoms with Crippen molar-refractivity contribution in [3.8, 4) is 11.5 Å². The average molecular weight is 344 g/mol. The van der Waals surface area contributed by atoms with Gasteiger partial charge in [0.1, 0.15) is 12.1 Å². The zero-order chi connectivity index (χ0) is 17.4. The highest BCUT2D eigenvalue weighted by atomic mass is 19.4. The Kier molecular flexibility index (Phi) is 4.35. The zero-order valence-electron chi connectivity index (χ0n) is 12.7. The first-order chi connectivity index (χ1) is 11.3. The van der Waals surface area contributed by atoms with Gasteiger partial charge in [-0.1, -0.05) is 0 Å². The van der Waals surface area contributed by atoms with E-state index in [-0.39, 0.29) is 31.7 Å². The van der Waals surface area contributed by atoms with Crippen LogP contribution in [0.15, 0.2) is 34.9 Å². The number of piperidine rings is 1. The number of benzene rings is 1. The van der Waals surface area contributed by atoms with Crippen LogP contribution in [0.5, 0.6) is 0 Å². The molecule has 2 heterocycles. The summed E-state index contributed by atoms with van der Waals surface area (Å²) in [6.45, 7) is 0.572. The van der Waals surface area contributed by atoms with Gasteiger partial charge in [-0.05, 0) is 37.1 Å². The van der Waals surface area contributed by atoms with Crippen molar-refractivity contribution in [2.45, 2.75) is 31.2 Å². The van der Waals surface area contributed by atoms with Crippen LogP contribution in [0.3, 0.4) is 0 Å². The third-order valence-electron chi connectivity index (χ3n) is 4.24. The van der Waals surface area contributed by atoms with Gasteiger partial charge in [0, 0.05) is 25.2 Å². The van der Waals surface area contributed by atoms with Crippen molar-refractivity contribution in [2.75, 3.05) is 13.1 Å². The highest BCUT2D eigenvalue weighted by molar-refractivity contribution is 5.52. The summed E-state index contributed by atoms with van der Waals surface area (Å²) in [5, 5.41) is 9.65. The van der Waals surface area contributed by atoms with Crippen LogP contribution in [0.1, 0.15) is 18.5 Å². The van der Waals surface area contributed by atoms with E-state index in [0.29, 0.717) is 23.7 Å². The molecule has 0 saturated carbocycles. The van der Waals surface area contributed by atoms with Crippen molar-refractivity contribution in [1.29, 1.82) is 0 Å². The van der Waals surface area contributed by atoms with E-state index in [1.54, 1.807) is 4.90 Å². The van der Waals surface area contributed by atoms with Crippen LogP contribution in [0, 0.1) is 5.82 Å². The fourth-order valence-corrected chi connectivity index (χ4v) is 2.70. The Balaban J connectivity index is 1.61.